The van der Waals surface area contributed by atoms with Crippen LogP contribution in [0.25, 0.3) is 0 Å². The molecule has 1 heterocycles. The molecule has 120 valence electrons. The van der Waals surface area contributed by atoms with Crippen molar-refractivity contribution in [3.05, 3.63) is 16.1 Å². The molecule has 8 heteroatoms. The van der Waals surface area contributed by atoms with Gasteiger partial charge in [-0.15, -0.1) is 0 Å². The summed E-state index contributed by atoms with van der Waals surface area (Å²) in [6.07, 6.45) is 2.05. The predicted molar refractivity (Wildman–Crippen MR) is 79.9 cm³/mol. The number of aromatic nitrogens is 2. The van der Waals surface area contributed by atoms with E-state index in [1.807, 2.05) is 6.92 Å². The molecular formula is C13H20Cl2N2O4. The van der Waals surface area contributed by atoms with E-state index in [1.54, 1.807) is 0 Å². The number of imidazole rings is 1. The van der Waals surface area contributed by atoms with Gasteiger partial charge in [-0.3, -0.25) is 4.57 Å². The van der Waals surface area contributed by atoms with Crippen molar-refractivity contribution in [2.75, 3.05) is 26.4 Å². The molecule has 0 spiro atoms. The first-order chi connectivity index (χ1) is 10.1. The minimum absolute atomic E-state index is 0.0204. The van der Waals surface area contributed by atoms with Crippen LogP contribution in [0.15, 0.2) is 0 Å². The molecule has 0 radical (unpaired) electrons. The van der Waals surface area contributed by atoms with Gasteiger partial charge in [-0.25, -0.2) is 9.78 Å². The number of esters is 1. The van der Waals surface area contributed by atoms with E-state index in [1.165, 1.54) is 4.57 Å². The highest BCUT2D eigenvalue weighted by molar-refractivity contribution is 6.40. The van der Waals surface area contributed by atoms with E-state index in [2.05, 4.69) is 11.9 Å². The quantitative estimate of drug-likeness (QED) is 0.484. The molecule has 0 aliphatic rings. The summed E-state index contributed by atoms with van der Waals surface area (Å²) < 4.78 is 17.0. The number of rotatable bonds is 10. The van der Waals surface area contributed by atoms with Gasteiger partial charge in [0, 0.05) is 13.2 Å². The van der Waals surface area contributed by atoms with Crippen LogP contribution in [0.3, 0.4) is 0 Å². The van der Waals surface area contributed by atoms with Crippen molar-refractivity contribution >= 4 is 29.2 Å². The largest absolute Gasteiger partial charge is 0.457 e. The molecule has 0 aromatic carbocycles. The maximum atomic E-state index is 11.9. The lowest BCUT2D eigenvalue weighted by Gasteiger charge is -2.09. The fourth-order valence-corrected chi connectivity index (χ4v) is 1.82. The Morgan fingerprint density at radius 3 is 2.62 bits per heavy atom. The minimum atomic E-state index is -0.609. The van der Waals surface area contributed by atoms with Gasteiger partial charge in [0.15, 0.2) is 5.15 Å². The molecule has 0 N–H and O–H groups in total. The maximum absolute atomic E-state index is 11.9. The molecule has 0 saturated heterocycles. The second-order valence-electron chi connectivity index (χ2n) is 4.17. The summed E-state index contributed by atoms with van der Waals surface area (Å²) in [5.41, 5.74) is 0. The van der Waals surface area contributed by atoms with Gasteiger partial charge >= 0.3 is 5.97 Å². The lowest BCUT2D eigenvalue weighted by molar-refractivity contribution is 0.0274. The summed E-state index contributed by atoms with van der Waals surface area (Å²) in [5, 5.41) is 0.193. The fraction of sp³-hybridized carbons (Fsp3) is 0.692. The summed E-state index contributed by atoms with van der Waals surface area (Å²) in [6.45, 7) is 5.63. The zero-order valence-electron chi connectivity index (χ0n) is 12.2. The van der Waals surface area contributed by atoms with E-state index in [0.717, 1.165) is 12.8 Å². The van der Waals surface area contributed by atoms with Gasteiger partial charge < -0.3 is 14.2 Å². The van der Waals surface area contributed by atoms with Crippen molar-refractivity contribution in [3.63, 3.8) is 0 Å². The Kier molecular flexibility index (Phi) is 8.68. The monoisotopic (exact) mass is 338 g/mol. The van der Waals surface area contributed by atoms with E-state index in [9.17, 15) is 4.79 Å². The third-order valence-electron chi connectivity index (χ3n) is 2.58. The van der Waals surface area contributed by atoms with Crippen LogP contribution in [0.5, 0.6) is 0 Å². The topological polar surface area (TPSA) is 62.6 Å². The van der Waals surface area contributed by atoms with Crippen molar-refractivity contribution in [1.82, 2.24) is 9.55 Å². The minimum Gasteiger partial charge on any atom is -0.457 e. The molecule has 1 aromatic rings. The van der Waals surface area contributed by atoms with Gasteiger partial charge in [-0.1, -0.05) is 36.5 Å². The number of carbonyl (C=O) groups is 1. The van der Waals surface area contributed by atoms with Gasteiger partial charge in [-0.2, -0.15) is 0 Å². The van der Waals surface area contributed by atoms with Crippen molar-refractivity contribution in [3.8, 4) is 0 Å². The van der Waals surface area contributed by atoms with Crippen molar-refractivity contribution in [2.45, 2.75) is 33.4 Å². The second kappa shape index (κ2) is 10.00. The molecule has 6 nitrogen and oxygen atoms in total. The van der Waals surface area contributed by atoms with E-state index in [-0.39, 0.29) is 29.5 Å². The van der Waals surface area contributed by atoms with Gasteiger partial charge in [-0.05, 0) is 13.3 Å². The Bertz CT molecular complexity index is 452. The number of carbonyl (C=O) groups excluding carboxylic acids is 1. The number of nitrogens with zero attached hydrogens (tertiary/aromatic N) is 2. The van der Waals surface area contributed by atoms with Crippen molar-refractivity contribution in [1.29, 1.82) is 0 Å². The van der Waals surface area contributed by atoms with E-state index in [4.69, 9.17) is 37.4 Å². The zero-order valence-corrected chi connectivity index (χ0v) is 13.7. The van der Waals surface area contributed by atoms with Crippen molar-refractivity contribution in [2.24, 2.45) is 0 Å². The van der Waals surface area contributed by atoms with E-state index in [0.29, 0.717) is 19.8 Å². The Morgan fingerprint density at radius 2 is 1.95 bits per heavy atom. The number of unbranched alkanes of at least 4 members (excludes halogenated alkanes) is 1. The molecule has 0 bridgehead atoms. The van der Waals surface area contributed by atoms with E-state index >= 15 is 0 Å². The molecule has 0 atom stereocenters. The maximum Gasteiger partial charge on any atom is 0.374 e. The third kappa shape index (κ3) is 5.82. The number of hydrogen-bond donors (Lipinski definition) is 0. The molecular weight excluding hydrogens is 319 g/mol. The Balaban J connectivity index is 2.51. The molecule has 0 unspecified atom stereocenters. The van der Waals surface area contributed by atoms with Crippen LogP contribution in [0.1, 0.15) is 37.3 Å². The number of hydrogen-bond acceptors (Lipinski definition) is 5. The first-order valence-corrected chi connectivity index (χ1v) is 7.61. The summed E-state index contributed by atoms with van der Waals surface area (Å²) >= 11 is 11.8. The van der Waals surface area contributed by atoms with E-state index < -0.39 is 5.97 Å². The van der Waals surface area contributed by atoms with Crippen LogP contribution in [0, 0.1) is 0 Å². The van der Waals surface area contributed by atoms with Gasteiger partial charge in [0.2, 0.25) is 5.82 Å². The molecule has 0 aliphatic carbocycles. The molecule has 0 fully saturated rings. The van der Waals surface area contributed by atoms with Crippen LogP contribution < -0.4 is 0 Å². The predicted octanol–water partition coefficient (Wildman–Crippen LogP) is 3.16. The summed E-state index contributed by atoms with van der Waals surface area (Å²) in [6, 6.07) is 0. The van der Waals surface area contributed by atoms with Crippen LogP contribution >= 0.6 is 23.2 Å². The average Bonchev–Trinajstić information content (AvgIpc) is 2.76. The highest BCUT2D eigenvalue weighted by Crippen LogP contribution is 2.23. The number of ether oxygens (including phenoxy) is 3. The SMILES string of the molecule is CCCCOCCOC(=O)c1nc(Cl)c(Cl)n1COCC. The molecule has 1 aromatic heterocycles. The lowest BCUT2D eigenvalue weighted by atomic mass is 10.4. The summed E-state index contributed by atoms with van der Waals surface area (Å²) in [5.74, 6) is -0.588. The van der Waals surface area contributed by atoms with Gasteiger partial charge in [0.05, 0.1) is 6.61 Å². The number of halogens is 2. The third-order valence-corrected chi connectivity index (χ3v) is 3.32. The van der Waals surface area contributed by atoms with Crippen LogP contribution in [-0.2, 0) is 20.9 Å². The first kappa shape index (κ1) is 18.2. The van der Waals surface area contributed by atoms with Gasteiger partial charge in [0.25, 0.3) is 0 Å². The average molecular weight is 339 g/mol. The highest BCUT2D eigenvalue weighted by Gasteiger charge is 2.21. The zero-order chi connectivity index (χ0) is 15.7. The Labute approximate surface area is 134 Å². The second-order valence-corrected chi connectivity index (χ2v) is 4.88. The lowest BCUT2D eigenvalue weighted by Crippen LogP contribution is -2.17. The van der Waals surface area contributed by atoms with Crippen LogP contribution in [0.4, 0.5) is 0 Å². The standard InChI is InChI=1S/C13H20Cl2N2O4/c1-3-5-6-20-7-8-21-13(18)12-16-10(14)11(15)17(12)9-19-4-2/h3-9H2,1-2H3. The smallest absolute Gasteiger partial charge is 0.374 e. The first-order valence-electron chi connectivity index (χ1n) is 6.85. The van der Waals surface area contributed by atoms with Crippen LogP contribution in [-0.4, -0.2) is 41.9 Å². The summed E-state index contributed by atoms with van der Waals surface area (Å²) in [4.78, 5) is 15.8. The molecule has 0 amide bonds. The molecule has 1 rings (SSSR count). The van der Waals surface area contributed by atoms with Gasteiger partial charge in [0.1, 0.15) is 18.5 Å². The molecule has 21 heavy (non-hydrogen) atoms. The Morgan fingerprint density at radius 1 is 1.19 bits per heavy atom. The highest BCUT2D eigenvalue weighted by atomic mass is 35.5. The Hall–Kier alpha value is -0.820. The normalized spacial score (nSPS) is 10.9. The van der Waals surface area contributed by atoms with Crippen LogP contribution in [0.2, 0.25) is 10.3 Å². The fourth-order valence-electron chi connectivity index (χ4n) is 1.47. The molecule has 0 saturated carbocycles. The van der Waals surface area contributed by atoms with Crippen molar-refractivity contribution < 1.29 is 19.0 Å². The summed E-state index contributed by atoms with van der Waals surface area (Å²) in [7, 11) is 0. The molecule has 0 aliphatic heterocycles.